The van der Waals surface area contributed by atoms with Crippen LogP contribution in [0.25, 0.3) is 0 Å². The van der Waals surface area contributed by atoms with Crippen LogP contribution in [0.15, 0.2) is 12.2 Å². The molecule has 0 radical (unpaired) electrons. The zero-order valence-corrected chi connectivity index (χ0v) is 9.25. The van der Waals surface area contributed by atoms with Gasteiger partial charge in [0, 0.05) is 12.2 Å². The molecule has 0 saturated heterocycles. The Morgan fingerprint density at radius 3 is 2.57 bits per heavy atom. The van der Waals surface area contributed by atoms with Gasteiger partial charge in [-0.2, -0.15) is 5.10 Å². The van der Waals surface area contributed by atoms with Gasteiger partial charge in [-0.1, -0.05) is 19.1 Å². The van der Waals surface area contributed by atoms with Crippen molar-refractivity contribution >= 4 is 0 Å². The van der Waals surface area contributed by atoms with E-state index in [9.17, 15) is 0 Å². The molecule has 0 bridgehead atoms. The second-order valence-corrected chi connectivity index (χ2v) is 3.39. The molecule has 0 aliphatic rings. The highest BCUT2D eigenvalue weighted by atomic mass is 15.3. The van der Waals surface area contributed by atoms with Crippen LogP contribution in [0.4, 0.5) is 0 Å². The molecule has 78 valence electrons. The first-order valence-electron chi connectivity index (χ1n) is 5.08. The van der Waals surface area contributed by atoms with Crippen LogP contribution in [-0.2, 0) is 13.0 Å². The molecule has 0 atom stereocenters. The van der Waals surface area contributed by atoms with Crippen LogP contribution in [0.3, 0.4) is 0 Å². The molecule has 1 aromatic heterocycles. The highest BCUT2D eigenvalue weighted by Gasteiger charge is 2.07. The fourth-order valence-electron chi connectivity index (χ4n) is 1.69. The minimum atomic E-state index is 0.597. The summed E-state index contributed by atoms with van der Waals surface area (Å²) in [5.41, 5.74) is 9.16. The summed E-state index contributed by atoms with van der Waals surface area (Å²) in [4.78, 5) is 0. The second-order valence-electron chi connectivity index (χ2n) is 3.39. The minimum absolute atomic E-state index is 0.597. The summed E-state index contributed by atoms with van der Waals surface area (Å²) in [6.45, 7) is 7.77. The minimum Gasteiger partial charge on any atom is -0.327 e. The van der Waals surface area contributed by atoms with Gasteiger partial charge in [0.15, 0.2) is 0 Å². The number of aryl methyl sites for hydroxylation is 1. The molecule has 0 fully saturated rings. The SMILES string of the molecule is CCc1c(C)nn(CC=CCN)c1C. The van der Waals surface area contributed by atoms with E-state index in [0.717, 1.165) is 18.7 Å². The molecule has 0 aliphatic heterocycles. The molecular weight excluding hydrogens is 174 g/mol. The Balaban J connectivity index is 2.83. The third-order valence-electron chi connectivity index (χ3n) is 2.47. The van der Waals surface area contributed by atoms with E-state index >= 15 is 0 Å². The number of hydrogen-bond acceptors (Lipinski definition) is 2. The second kappa shape index (κ2) is 4.96. The summed E-state index contributed by atoms with van der Waals surface area (Å²) in [6, 6.07) is 0. The third kappa shape index (κ3) is 2.23. The third-order valence-corrected chi connectivity index (χ3v) is 2.47. The maximum Gasteiger partial charge on any atom is 0.0628 e. The van der Waals surface area contributed by atoms with Gasteiger partial charge >= 0.3 is 0 Å². The Morgan fingerprint density at radius 1 is 1.36 bits per heavy atom. The number of nitrogens with zero attached hydrogens (tertiary/aromatic N) is 2. The van der Waals surface area contributed by atoms with Crippen LogP contribution in [0.5, 0.6) is 0 Å². The van der Waals surface area contributed by atoms with Crippen LogP contribution < -0.4 is 5.73 Å². The largest absolute Gasteiger partial charge is 0.327 e. The quantitative estimate of drug-likeness (QED) is 0.738. The van der Waals surface area contributed by atoms with E-state index in [1.807, 2.05) is 10.8 Å². The number of aromatic nitrogens is 2. The summed E-state index contributed by atoms with van der Waals surface area (Å²) in [5, 5.41) is 4.48. The van der Waals surface area contributed by atoms with E-state index in [1.165, 1.54) is 11.3 Å². The molecule has 3 heteroatoms. The maximum atomic E-state index is 5.38. The van der Waals surface area contributed by atoms with E-state index in [-0.39, 0.29) is 0 Å². The van der Waals surface area contributed by atoms with Gasteiger partial charge in [-0.3, -0.25) is 4.68 Å². The summed E-state index contributed by atoms with van der Waals surface area (Å²) in [6.07, 6.45) is 5.07. The first kappa shape index (κ1) is 11.0. The van der Waals surface area contributed by atoms with Crippen molar-refractivity contribution in [3.05, 3.63) is 29.1 Å². The summed E-state index contributed by atoms with van der Waals surface area (Å²) in [7, 11) is 0. The van der Waals surface area contributed by atoms with E-state index in [0.29, 0.717) is 6.54 Å². The summed E-state index contributed by atoms with van der Waals surface area (Å²) >= 11 is 0. The molecule has 14 heavy (non-hydrogen) atoms. The molecule has 2 N–H and O–H groups in total. The molecule has 0 amide bonds. The van der Waals surface area contributed by atoms with Gasteiger partial charge in [-0.25, -0.2) is 0 Å². The van der Waals surface area contributed by atoms with Gasteiger partial charge in [-0.05, 0) is 25.8 Å². The van der Waals surface area contributed by atoms with Crippen molar-refractivity contribution in [2.75, 3.05) is 6.54 Å². The molecule has 0 aliphatic carbocycles. The molecule has 0 saturated carbocycles. The van der Waals surface area contributed by atoms with Crippen molar-refractivity contribution in [1.82, 2.24) is 9.78 Å². The molecule has 1 aromatic rings. The Kier molecular flexibility index (Phi) is 3.89. The molecule has 0 spiro atoms. The van der Waals surface area contributed by atoms with E-state index in [2.05, 4.69) is 31.9 Å². The van der Waals surface area contributed by atoms with E-state index in [4.69, 9.17) is 5.73 Å². The highest BCUT2D eigenvalue weighted by molar-refractivity contribution is 5.24. The molecule has 0 aromatic carbocycles. The standard InChI is InChI=1S/C11H19N3/c1-4-11-9(2)13-14(10(11)3)8-6-5-7-12/h5-6H,4,7-8,12H2,1-3H3. The topological polar surface area (TPSA) is 43.8 Å². The van der Waals surface area contributed by atoms with Crippen LogP contribution in [0.1, 0.15) is 23.9 Å². The van der Waals surface area contributed by atoms with Crippen molar-refractivity contribution in [3.63, 3.8) is 0 Å². The van der Waals surface area contributed by atoms with Crippen molar-refractivity contribution in [2.24, 2.45) is 5.73 Å². The maximum absolute atomic E-state index is 5.38. The van der Waals surface area contributed by atoms with E-state index in [1.54, 1.807) is 0 Å². The molecular formula is C11H19N3. The average molecular weight is 193 g/mol. The first-order chi connectivity index (χ1) is 6.70. The Hall–Kier alpha value is -1.09. The van der Waals surface area contributed by atoms with Crippen molar-refractivity contribution in [2.45, 2.75) is 33.7 Å². The van der Waals surface area contributed by atoms with Crippen LogP contribution in [-0.4, -0.2) is 16.3 Å². The lowest BCUT2D eigenvalue weighted by atomic mass is 10.1. The van der Waals surface area contributed by atoms with Gasteiger partial charge in [-0.15, -0.1) is 0 Å². The number of hydrogen-bond donors (Lipinski definition) is 1. The van der Waals surface area contributed by atoms with E-state index < -0.39 is 0 Å². The molecule has 1 heterocycles. The predicted octanol–water partition coefficient (Wildman–Crippen LogP) is 1.58. The lowest BCUT2D eigenvalue weighted by Crippen LogP contribution is -2.01. The smallest absolute Gasteiger partial charge is 0.0628 e. The normalized spacial score (nSPS) is 11.4. The van der Waals surface area contributed by atoms with Gasteiger partial charge in [0.05, 0.1) is 12.2 Å². The van der Waals surface area contributed by atoms with Gasteiger partial charge < -0.3 is 5.73 Å². The molecule has 0 unspecified atom stereocenters. The molecule has 1 rings (SSSR count). The fraction of sp³-hybridized carbons (Fsp3) is 0.545. The lowest BCUT2D eigenvalue weighted by molar-refractivity contribution is 0.670. The monoisotopic (exact) mass is 193 g/mol. The van der Waals surface area contributed by atoms with Gasteiger partial charge in [0.2, 0.25) is 0 Å². The van der Waals surface area contributed by atoms with Crippen LogP contribution >= 0.6 is 0 Å². The Bertz CT molecular complexity index is 324. The number of allylic oxidation sites excluding steroid dienone is 1. The van der Waals surface area contributed by atoms with Crippen molar-refractivity contribution < 1.29 is 0 Å². The summed E-state index contributed by atoms with van der Waals surface area (Å²) in [5.74, 6) is 0. The van der Waals surface area contributed by atoms with Gasteiger partial charge in [0.25, 0.3) is 0 Å². The Morgan fingerprint density at radius 2 is 2.07 bits per heavy atom. The number of rotatable bonds is 4. The zero-order chi connectivity index (χ0) is 10.6. The van der Waals surface area contributed by atoms with Crippen molar-refractivity contribution in [3.8, 4) is 0 Å². The van der Waals surface area contributed by atoms with Crippen LogP contribution in [0.2, 0.25) is 0 Å². The molecule has 3 nitrogen and oxygen atoms in total. The van der Waals surface area contributed by atoms with Crippen LogP contribution in [0, 0.1) is 13.8 Å². The highest BCUT2D eigenvalue weighted by Crippen LogP contribution is 2.13. The first-order valence-corrected chi connectivity index (χ1v) is 5.08. The average Bonchev–Trinajstić information content (AvgIpc) is 2.42. The van der Waals surface area contributed by atoms with Crippen molar-refractivity contribution in [1.29, 1.82) is 0 Å². The fourth-order valence-corrected chi connectivity index (χ4v) is 1.69. The predicted molar refractivity (Wildman–Crippen MR) is 59.3 cm³/mol. The van der Waals surface area contributed by atoms with Gasteiger partial charge in [0.1, 0.15) is 0 Å². The number of nitrogens with two attached hydrogens (primary N) is 1. The summed E-state index contributed by atoms with van der Waals surface area (Å²) < 4.78 is 2.03. The zero-order valence-electron chi connectivity index (χ0n) is 9.25. The lowest BCUT2D eigenvalue weighted by Gasteiger charge is -2.00. The Labute approximate surface area is 85.6 Å².